The van der Waals surface area contributed by atoms with E-state index in [1.54, 1.807) is 6.07 Å². The average molecular weight is 298 g/mol. The van der Waals surface area contributed by atoms with Gasteiger partial charge in [0.2, 0.25) is 0 Å². The van der Waals surface area contributed by atoms with Crippen LogP contribution >= 0.6 is 27.5 Å². The van der Waals surface area contributed by atoms with E-state index in [2.05, 4.69) is 15.9 Å². The summed E-state index contributed by atoms with van der Waals surface area (Å²) in [5, 5.41) is 8.05. The Morgan fingerprint density at radius 1 is 1.40 bits per heavy atom. The lowest BCUT2D eigenvalue weighted by atomic mass is 10.0. The molecule has 1 rings (SSSR count). The van der Waals surface area contributed by atoms with Gasteiger partial charge in [0.05, 0.1) is 16.1 Å². The quantitative estimate of drug-likeness (QED) is 0.715. The number of nitrogens with zero attached hydrogens (tertiary/aromatic N) is 1. The molecule has 0 heterocycles. The van der Waals surface area contributed by atoms with Crippen LogP contribution in [0.2, 0.25) is 5.02 Å². The Morgan fingerprint density at radius 2 is 2.00 bits per heavy atom. The number of benzene rings is 1. The number of hydrogen-bond donors (Lipinski definition) is 0. The highest BCUT2D eigenvalue weighted by atomic mass is 79.9. The van der Waals surface area contributed by atoms with Gasteiger partial charge in [-0.2, -0.15) is 18.4 Å². The summed E-state index contributed by atoms with van der Waals surface area (Å²) < 4.78 is 37.8. The van der Waals surface area contributed by atoms with Crippen molar-refractivity contribution in [2.45, 2.75) is 11.5 Å². The highest BCUT2D eigenvalue weighted by molar-refractivity contribution is 9.08. The minimum Gasteiger partial charge on any atom is -0.192 e. The lowest BCUT2D eigenvalue weighted by Gasteiger charge is -2.13. The van der Waals surface area contributed by atoms with Crippen LogP contribution in [-0.2, 0) is 11.5 Å². The molecule has 0 N–H and O–H groups in total. The van der Waals surface area contributed by atoms with Gasteiger partial charge in [-0.1, -0.05) is 33.6 Å². The van der Waals surface area contributed by atoms with Crippen molar-refractivity contribution in [3.8, 4) is 6.07 Å². The summed E-state index contributed by atoms with van der Waals surface area (Å²) in [6, 6.07) is 4.12. The van der Waals surface area contributed by atoms with Gasteiger partial charge in [0.25, 0.3) is 0 Å². The van der Waals surface area contributed by atoms with Crippen LogP contribution < -0.4 is 0 Å². The third-order valence-corrected chi connectivity index (χ3v) is 2.77. The molecule has 15 heavy (non-hydrogen) atoms. The molecule has 0 fully saturated rings. The van der Waals surface area contributed by atoms with Crippen molar-refractivity contribution in [2.24, 2.45) is 0 Å². The molecule has 0 aliphatic heterocycles. The molecule has 0 aliphatic rings. The average Bonchev–Trinajstić information content (AvgIpc) is 2.15. The molecule has 0 amide bonds. The van der Waals surface area contributed by atoms with Gasteiger partial charge >= 0.3 is 6.18 Å². The van der Waals surface area contributed by atoms with E-state index in [0.29, 0.717) is 0 Å². The summed E-state index contributed by atoms with van der Waals surface area (Å²) in [6.45, 7) is 0. The minimum atomic E-state index is -4.55. The van der Waals surface area contributed by atoms with E-state index in [0.717, 1.165) is 0 Å². The van der Waals surface area contributed by atoms with E-state index >= 15 is 0 Å². The fourth-order valence-electron chi connectivity index (χ4n) is 1.12. The van der Waals surface area contributed by atoms with E-state index in [4.69, 9.17) is 16.9 Å². The monoisotopic (exact) mass is 297 g/mol. The van der Waals surface area contributed by atoms with Gasteiger partial charge in [-0.25, -0.2) is 0 Å². The maximum Gasteiger partial charge on any atom is 0.418 e. The summed E-state index contributed by atoms with van der Waals surface area (Å²) >= 11 is 8.45. The summed E-state index contributed by atoms with van der Waals surface area (Å²) in [5.74, 6) is 0. The zero-order chi connectivity index (χ0) is 11.6. The minimum absolute atomic E-state index is 0.0199. The zero-order valence-corrected chi connectivity index (χ0v) is 9.54. The second-order valence-corrected chi connectivity index (χ2v) is 3.64. The predicted octanol–water partition coefficient (Wildman–Crippen LogP) is 4.13. The fraction of sp³-hybridized carbons (Fsp3) is 0.222. The number of nitriles is 1. The third-order valence-electron chi connectivity index (χ3n) is 1.78. The van der Waals surface area contributed by atoms with Gasteiger partial charge < -0.3 is 0 Å². The van der Waals surface area contributed by atoms with E-state index < -0.39 is 16.8 Å². The van der Waals surface area contributed by atoms with Gasteiger partial charge in [0, 0.05) is 5.33 Å². The normalized spacial score (nSPS) is 11.2. The van der Waals surface area contributed by atoms with Crippen LogP contribution in [0.25, 0.3) is 0 Å². The van der Waals surface area contributed by atoms with Crippen LogP contribution in [0.4, 0.5) is 13.2 Å². The highest BCUT2D eigenvalue weighted by Gasteiger charge is 2.36. The lowest BCUT2D eigenvalue weighted by Crippen LogP contribution is -2.10. The smallest absolute Gasteiger partial charge is 0.192 e. The molecule has 1 aromatic carbocycles. The van der Waals surface area contributed by atoms with Crippen molar-refractivity contribution in [1.29, 1.82) is 5.26 Å². The number of rotatable bonds is 1. The van der Waals surface area contributed by atoms with Crippen molar-refractivity contribution in [2.75, 3.05) is 0 Å². The maximum atomic E-state index is 12.6. The second-order valence-electron chi connectivity index (χ2n) is 2.70. The van der Waals surface area contributed by atoms with Crippen molar-refractivity contribution in [1.82, 2.24) is 0 Å². The summed E-state index contributed by atoms with van der Waals surface area (Å²) in [7, 11) is 0. The van der Waals surface area contributed by atoms with Crippen molar-refractivity contribution >= 4 is 27.5 Å². The molecule has 0 unspecified atom stereocenters. The summed E-state index contributed by atoms with van der Waals surface area (Å²) in [4.78, 5) is 0. The van der Waals surface area contributed by atoms with Crippen LogP contribution in [0, 0.1) is 11.3 Å². The first kappa shape index (κ1) is 12.3. The zero-order valence-electron chi connectivity index (χ0n) is 7.20. The van der Waals surface area contributed by atoms with Crippen molar-refractivity contribution < 1.29 is 13.2 Å². The Hall–Kier alpha value is -0.730. The van der Waals surface area contributed by atoms with Crippen LogP contribution in [0.1, 0.15) is 16.7 Å². The first-order valence-electron chi connectivity index (χ1n) is 3.76. The van der Waals surface area contributed by atoms with E-state index in [1.165, 1.54) is 12.1 Å². The third kappa shape index (κ3) is 2.44. The van der Waals surface area contributed by atoms with Gasteiger partial charge in [-0.3, -0.25) is 0 Å². The molecular formula is C9H4BrClF3N. The van der Waals surface area contributed by atoms with Crippen molar-refractivity contribution in [3.05, 3.63) is 33.8 Å². The van der Waals surface area contributed by atoms with E-state index in [9.17, 15) is 13.2 Å². The fourth-order valence-corrected chi connectivity index (χ4v) is 1.92. The van der Waals surface area contributed by atoms with Gasteiger partial charge in [-0.15, -0.1) is 0 Å². The van der Waals surface area contributed by atoms with Gasteiger partial charge in [0.15, 0.2) is 0 Å². The van der Waals surface area contributed by atoms with Crippen LogP contribution in [0.15, 0.2) is 12.1 Å². The second kappa shape index (κ2) is 4.42. The molecule has 0 saturated heterocycles. The lowest BCUT2D eigenvalue weighted by molar-refractivity contribution is -0.138. The van der Waals surface area contributed by atoms with Crippen LogP contribution in [-0.4, -0.2) is 0 Å². The number of alkyl halides is 4. The number of halogens is 5. The SMILES string of the molecule is N#Cc1ccc(CBr)c(C(F)(F)F)c1Cl. The Morgan fingerprint density at radius 3 is 2.40 bits per heavy atom. The molecule has 1 aromatic rings. The van der Waals surface area contributed by atoms with Gasteiger partial charge in [-0.05, 0) is 11.6 Å². The number of hydrogen-bond acceptors (Lipinski definition) is 1. The standard InChI is InChI=1S/C9H4BrClF3N/c10-3-5-1-2-6(4-15)8(11)7(5)9(12,13)14/h1-2H,3H2. The molecule has 0 aliphatic carbocycles. The summed E-state index contributed by atoms with van der Waals surface area (Å²) in [6.07, 6.45) is -4.55. The largest absolute Gasteiger partial charge is 0.418 e. The molecule has 0 spiro atoms. The topological polar surface area (TPSA) is 23.8 Å². The molecule has 0 radical (unpaired) electrons. The summed E-state index contributed by atoms with van der Waals surface area (Å²) in [5.41, 5.74) is -1.10. The molecule has 6 heteroatoms. The molecule has 0 aromatic heterocycles. The highest BCUT2D eigenvalue weighted by Crippen LogP contribution is 2.39. The van der Waals surface area contributed by atoms with Crippen LogP contribution in [0.5, 0.6) is 0 Å². The first-order chi connectivity index (χ1) is 6.91. The Bertz CT molecular complexity index is 423. The first-order valence-corrected chi connectivity index (χ1v) is 5.26. The molecule has 80 valence electrons. The predicted molar refractivity (Wildman–Crippen MR) is 53.8 cm³/mol. The van der Waals surface area contributed by atoms with Gasteiger partial charge in [0.1, 0.15) is 6.07 Å². The Kier molecular flexibility index (Phi) is 3.63. The molecule has 0 bridgehead atoms. The molecular weight excluding hydrogens is 294 g/mol. The van der Waals surface area contributed by atoms with E-state index in [-0.39, 0.29) is 16.5 Å². The molecule has 0 atom stereocenters. The molecule has 1 nitrogen and oxygen atoms in total. The van der Waals surface area contributed by atoms with Crippen molar-refractivity contribution in [3.63, 3.8) is 0 Å². The van der Waals surface area contributed by atoms with E-state index in [1.807, 2.05) is 0 Å². The Balaban J connectivity index is 3.52. The Labute approximate surface area is 97.6 Å². The molecule has 0 saturated carbocycles. The van der Waals surface area contributed by atoms with Crippen LogP contribution in [0.3, 0.4) is 0 Å². The maximum absolute atomic E-state index is 12.6.